The van der Waals surface area contributed by atoms with E-state index in [-0.39, 0.29) is 5.56 Å². The highest BCUT2D eigenvalue weighted by molar-refractivity contribution is 6.19. The fourth-order valence-electron chi connectivity index (χ4n) is 5.81. The average Bonchev–Trinajstić information content (AvgIpc) is 2.93. The number of fused-ring (bicyclic) bond motifs is 7. The van der Waals surface area contributed by atoms with Crippen molar-refractivity contribution in [3.8, 4) is 5.69 Å². The third kappa shape index (κ3) is 2.28. The van der Waals surface area contributed by atoms with Gasteiger partial charge in [-0.3, -0.25) is 9.36 Å². The van der Waals surface area contributed by atoms with E-state index in [0.29, 0.717) is 0 Å². The highest BCUT2D eigenvalue weighted by Crippen LogP contribution is 2.59. The van der Waals surface area contributed by atoms with Crippen molar-refractivity contribution in [2.45, 2.75) is 0 Å². The topological polar surface area (TPSA) is 28.5 Å². The van der Waals surface area contributed by atoms with E-state index in [9.17, 15) is 4.79 Å². The van der Waals surface area contributed by atoms with E-state index >= 15 is 0 Å². The van der Waals surface area contributed by atoms with Gasteiger partial charge in [0, 0.05) is 16.5 Å². The van der Waals surface area contributed by atoms with Gasteiger partial charge in [-0.2, -0.15) is 0 Å². The molecule has 35 heavy (non-hydrogen) atoms. The lowest BCUT2D eigenvalue weighted by atomic mass is 9.96. The minimum absolute atomic E-state index is 0.0127. The summed E-state index contributed by atoms with van der Waals surface area (Å²) in [6.45, 7) is 0. The van der Waals surface area contributed by atoms with Crippen molar-refractivity contribution in [1.82, 2.24) is 4.57 Å². The van der Waals surface area contributed by atoms with Crippen LogP contribution in [-0.4, -0.2) is 4.57 Å². The lowest BCUT2D eigenvalue weighted by Crippen LogP contribution is -2.31. The fourth-order valence-corrected chi connectivity index (χ4v) is 5.81. The minimum Gasteiger partial charge on any atom is -0.306 e. The lowest BCUT2D eigenvalue weighted by molar-refractivity contribution is 1.02. The van der Waals surface area contributed by atoms with Crippen LogP contribution in [-0.2, 0) is 0 Å². The van der Waals surface area contributed by atoms with Crippen LogP contribution < -0.4 is 15.4 Å². The van der Waals surface area contributed by atoms with E-state index in [1.807, 2.05) is 47.0 Å². The van der Waals surface area contributed by atoms with Gasteiger partial charge < -0.3 is 9.80 Å². The molecule has 164 valence electrons. The molecule has 0 unspecified atom stereocenters. The molecule has 5 aromatic carbocycles. The number of aromatic nitrogens is 1. The summed E-state index contributed by atoms with van der Waals surface area (Å²) in [5.41, 5.74) is 8.24. The first-order valence-corrected chi connectivity index (χ1v) is 11.8. The second kappa shape index (κ2) is 6.61. The molecule has 0 aliphatic carbocycles. The van der Waals surface area contributed by atoms with Crippen LogP contribution in [0.15, 0.2) is 120 Å². The number of rotatable bonds is 1. The van der Waals surface area contributed by atoms with Gasteiger partial charge in [0.15, 0.2) is 0 Å². The Hall–Kier alpha value is -4.83. The number of hydrogen-bond donors (Lipinski definition) is 0. The Bertz CT molecular complexity index is 1890. The molecule has 3 heterocycles. The van der Waals surface area contributed by atoms with Crippen LogP contribution in [0.5, 0.6) is 0 Å². The van der Waals surface area contributed by atoms with Gasteiger partial charge >= 0.3 is 0 Å². The molecule has 2 aliphatic heterocycles. The zero-order valence-corrected chi connectivity index (χ0v) is 18.7. The van der Waals surface area contributed by atoms with Crippen LogP contribution in [0.3, 0.4) is 0 Å². The molecule has 2 aliphatic rings. The summed E-state index contributed by atoms with van der Waals surface area (Å²) < 4.78 is 1.92. The van der Waals surface area contributed by atoms with Gasteiger partial charge in [-0.25, -0.2) is 0 Å². The second-order valence-corrected chi connectivity index (χ2v) is 9.00. The van der Waals surface area contributed by atoms with Gasteiger partial charge in [-0.15, -0.1) is 0 Å². The van der Waals surface area contributed by atoms with E-state index in [2.05, 4.69) is 82.6 Å². The van der Waals surface area contributed by atoms with Gasteiger partial charge in [0.2, 0.25) is 0 Å². The first-order valence-electron chi connectivity index (χ1n) is 11.8. The Morgan fingerprint density at radius 2 is 1.00 bits per heavy atom. The molecule has 0 saturated carbocycles. The first-order chi connectivity index (χ1) is 17.3. The van der Waals surface area contributed by atoms with E-state index in [0.717, 1.165) is 61.5 Å². The molecule has 0 fully saturated rings. The first kappa shape index (κ1) is 18.6. The van der Waals surface area contributed by atoms with Crippen LogP contribution in [0.25, 0.3) is 27.4 Å². The Balaban J connectivity index is 1.63. The molecular weight excluding hydrogens is 430 g/mol. The predicted molar refractivity (Wildman–Crippen MR) is 144 cm³/mol. The molecule has 0 radical (unpaired) electrons. The maximum atomic E-state index is 14.0. The summed E-state index contributed by atoms with van der Waals surface area (Å²) in [7, 11) is 0. The van der Waals surface area contributed by atoms with Crippen LogP contribution in [0.1, 0.15) is 0 Å². The summed E-state index contributed by atoms with van der Waals surface area (Å²) in [4.78, 5) is 18.6. The zero-order chi connectivity index (χ0) is 23.1. The third-order valence-electron chi connectivity index (χ3n) is 7.21. The highest BCUT2D eigenvalue weighted by atomic mass is 16.1. The number of benzene rings is 5. The number of pyridine rings is 1. The van der Waals surface area contributed by atoms with E-state index in [4.69, 9.17) is 0 Å². The van der Waals surface area contributed by atoms with Crippen molar-refractivity contribution >= 4 is 55.8 Å². The van der Waals surface area contributed by atoms with Gasteiger partial charge in [0.1, 0.15) is 0 Å². The summed E-state index contributed by atoms with van der Waals surface area (Å²) in [5, 5.41) is 2.79. The molecule has 0 amide bonds. The van der Waals surface area contributed by atoms with Crippen LogP contribution >= 0.6 is 0 Å². The standard InChI is InChI=1S/C31H19N3O/c35-31-23-13-5-4-12-21(23)22-18-19-28-30-29(22)34(31)27-17-9-8-16-26(27)33(30)25-15-7-6-14-24(25)32(28)20-10-2-1-3-11-20/h1-19H. The number of nitrogens with zero attached hydrogens (tertiary/aromatic N) is 3. The SMILES string of the molecule is O=c1c2ccccc2c2ccc3c4c2n1-c1ccccc1N4c1ccccc1N3c1ccccc1. The number of para-hydroxylation sites is 5. The molecule has 6 aromatic rings. The van der Waals surface area contributed by atoms with Gasteiger partial charge in [-0.1, -0.05) is 60.7 Å². The summed E-state index contributed by atoms with van der Waals surface area (Å²) in [5.74, 6) is 0. The van der Waals surface area contributed by atoms with Crippen molar-refractivity contribution in [2.24, 2.45) is 0 Å². The molecule has 0 saturated heterocycles. The predicted octanol–water partition coefficient (Wildman–Crippen LogP) is 7.71. The largest absolute Gasteiger partial charge is 0.306 e. The van der Waals surface area contributed by atoms with Gasteiger partial charge in [0.05, 0.1) is 39.6 Å². The lowest BCUT2D eigenvalue weighted by Gasteiger charge is -2.43. The van der Waals surface area contributed by atoms with Crippen LogP contribution in [0.4, 0.5) is 34.1 Å². The average molecular weight is 450 g/mol. The fraction of sp³-hybridized carbons (Fsp3) is 0. The highest BCUT2D eigenvalue weighted by Gasteiger charge is 2.37. The van der Waals surface area contributed by atoms with Crippen LogP contribution in [0.2, 0.25) is 0 Å². The number of hydrogen-bond acceptors (Lipinski definition) is 3. The monoisotopic (exact) mass is 449 g/mol. The summed E-state index contributed by atoms with van der Waals surface area (Å²) in [6.07, 6.45) is 0. The molecular formula is C31H19N3O. The molecule has 0 spiro atoms. The van der Waals surface area contributed by atoms with Crippen LogP contribution in [0, 0.1) is 0 Å². The van der Waals surface area contributed by atoms with Gasteiger partial charge in [0.25, 0.3) is 5.56 Å². The molecule has 4 nitrogen and oxygen atoms in total. The van der Waals surface area contributed by atoms with Gasteiger partial charge in [-0.05, 0) is 60.0 Å². The molecule has 4 heteroatoms. The second-order valence-electron chi connectivity index (χ2n) is 9.00. The minimum atomic E-state index is 0.0127. The van der Waals surface area contributed by atoms with Crippen molar-refractivity contribution in [1.29, 1.82) is 0 Å². The Kier molecular flexibility index (Phi) is 3.51. The normalized spacial score (nSPS) is 13.1. The Morgan fingerprint density at radius 3 is 1.74 bits per heavy atom. The molecule has 0 atom stereocenters. The smallest absolute Gasteiger partial charge is 0.263 e. The zero-order valence-electron chi connectivity index (χ0n) is 18.7. The van der Waals surface area contributed by atoms with Crippen molar-refractivity contribution in [3.05, 3.63) is 126 Å². The Labute approximate surface area is 201 Å². The molecule has 0 bridgehead atoms. The third-order valence-corrected chi connectivity index (χ3v) is 7.21. The Morgan fingerprint density at radius 1 is 0.429 bits per heavy atom. The summed E-state index contributed by atoms with van der Waals surface area (Å²) >= 11 is 0. The van der Waals surface area contributed by atoms with Crippen molar-refractivity contribution < 1.29 is 0 Å². The van der Waals surface area contributed by atoms with E-state index < -0.39 is 0 Å². The van der Waals surface area contributed by atoms with E-state index in [1.54, 1.807) is 0 Å². The number of anilines is 6. The quantitative estimate of drug-likeness (QED) is 0.240. The maximum absolute atomic E-state index is 14.0. The summed E-state index contributed by atoms with van der Waals surface area (Å²) in [6, 6.07) is 39.4. The van der Waals surface area contributed by atoms with Crippen molar-refractivity contribution in [3.63, 3.8) is 0 Å². The van der Waals surface area contributed by atoms with E-state index in [1.165, 1.54) is 0 Å². The molecule has 1 aromatic heterocycles. The van der Waals surface area contributed by atoms with Crippen molar-refractivity contribution in [2.75, 3.05) is 9.80 Å². The molecule has 8 rings (SSSR count). The maximum Gasteiger partial charge on any atom is 0.263 e. The molecule has 0 N–H and O–H groups in total.